The van der Waals surface area contributed by atoms with Crippen LogP contribution in [0.4, 0.5) is 0 Å². The number of nitrogens with zero attached hydrogens (tertiary/aromatic N) is 2. The topological polar surface area (TPSA) is 79.7 Å². The van der Waals surface area contributed by atoms with Crippen molar-refractivity contribution in [3.05, 3.63) is 58.2 Å². The molecule has 0 saturated carbocycles. The van der Waals surface area contributed by atoms with Crippen LogP contribution in [-0.2, 0) is 9.59 Å². The van der Waals surface area contributed by atoms with Gasteiger partial charge in [-0.3, -0.25) is 14.6 Å². The fourth-order valence-corrected chi connectivity index (χ4v) is 5.34. The lowest BCUT2D eigenvalue weighted by Gasteiger charge is -2.33. The molecule has 0 aliphatic carbocycles. The van der Waals surface area contributed by atoms with Gasteiger partial charge in [0.05, 0.1) is 5.52 Å². The smallest absolute Gasteiger partial charge is 0.303 e. The van der Waals surface area contributed by atoms with Gasteiger partial charge in [-0.15, -0.1) is 0 Å². The molecule has 1 unspecified atom stereocenters. The zero-order valence-corrected chi connectivity index (χ0v) is 20.5. The minimum absolute atomic E-state index is 0.0141. The summed E-state index contributed by atoms with van der Waals surface area (Å²) in [6, 6.07) is 13.2. The molecule has 0 spiro atoms. The van der Waals surface area contributed by atoms with Gasteiger partial charge in [0.1, 0.15) is 5.75 Å². The van der Waals surface area contributed by atoms with Gasteiger partial charge in [-0.1, -0.05) is 33.6 Å². The van der Waals surface area contributed by atoms with Gasteiger partial charge in [-0.05, 0) is 61.6 Å². The number of hydrogen-bond acceptors (Lipinski definition) is 4. The number of halogens is 2. The molecule has 0 bridgehead atoms. The molecular formula is C25H24BrClN2O4. The van der Waals surface area contributed by atoms with E-state index in [4.69, 9.17) is 21.4 Å². The van der Waals surface area contributed by atoms with Crippen molar-refractivity contribution in [2.45, 2.75) is 32.3 Å². The van der Waals surface area contributed by atoms with Gasteiger partial charge in [0.15, 0.2) is 6.10 Å². The molecule has 33 heavy (non-hydrogen) atoms. The Balaban J connectivity index is 1.53. The van der Waals surface area contributed by atoms with Crippen molar-refractivity contribution in [1.29, 1.82) is 0 Å². The monoisotopic (exact) mass is 530 g/mol. The first kappa shape index (κ1) is 23.5. The highest BCUT2D eigenvalue weighted by molar-refractivity contribution is 9.10. The van der Waals surface area contributed by atoms with Crippen LogP contribution >= 0.6 is 27.5 Å². The van der Waals surface area contributed by atoms with Crippen molar-refractivity contribution < 1.29 is 19.4 Å². The highest BCUT2D eigenvalue weighted by atomic mass is 79.9. The number of rotatable bonds is 6. The molecule has 172 valence electrons. The Morgan fingerprint density at radius 1 is 1.30 bits per heavy atom. The molecule has 1 aromatic heterocycles. The van der Waals surface area contributed by atoms with Gasteiger partial charge < -0.3 is 14.7 Å². The highest BCUT2D eigenvalue weighted by Gasteiger charge is 2.29. The van der Waals surface area contributed by atoms with Gasteiger partial charge in [0, 0.05) is 52.2 Å². The molecule has 1 saturated heterocycles. The largest absolute Gasteiger partial charge is 0.481 e. The van der Waals surface area contributed by atoms with Crippen LogP contribution in [0.3, 0.4) is 0 Å². The molecule has 0 radical (unpaired) electrons. The van der Waals surface area contributed by atoms with Gasteiger partial charge in [-0.2, -0.15) is 0 Å². The third kappa shape index (κ3) is 5.31. The number of carbonyl (C=O) groups is 2. The van der Waals surface area contributed by atoms with E-state index < -0.39 is 12.1 Å². The quantitative estimate of drug-likeness (QED) is 0.435. The van der Waals surface area contributed by atoms with Crippen molar-refractivity contribution in [1.82, 2.24) is 9.88 Å². The number of carboxylic acid groups (broad SMARTS) is 1. The fraction of sp³-hybridized carbons (Fsp3) is 0.320. The second-order valence-electron chi connectivity index (χ2n) is 8.28. The van der Waals surface area contributed by atoms with Crippen LogP contribution in [0.15, 0.2) is 53.1 Å². The van der Waals surface area contributed by atoms with E-state index in [1.807, 2.05) is 42.5 Å². The Morgan fingerprint density at radius 3 is 2.88 bits per heavy atom. The molecule has 2 atom stereocenters. The molecule has 4 rings (SSSR count). The molecule has 1 aliphatic rings. The average molecular weight is 532 g/mol. The van der Waals surface area contributed by atoms with Crippen molar-refractivity contribution in [3.8, 4) is 16.9 Å². The zero-order chi connectivity index (χ0) is 23.5. The summed E-state index contributed by atoms with van der Waals surface area (Å²) < 4.78 is 6.86. The Morgan fingerprint density at radius 2 is 2.12 bits per heavy atom. The number of amides is 1. The van der Waals surface area contributed by atoms with E-state index in [0.717, 1.165) is 39.3 Å². The van der Waals surface area contributed by atoms with E-state index in [9.17, 15) is 9.59 Å². The number of likely N-dealkylation sites (tertiary alicyclic amines) is 1. The molecule has 1 N–H and O–H groups in total. The number of piperidine rings is 1. The van der Waals surface area contributed by atoms with Crippen LogP contribution in [-0.4, -0.2) is 46.1 Å². The third-order valence-electron chi connectivity index (χ3n) is 5.90. The van der Waals surface area contributed by atoms with E-state index in [1.165, 1.54) is 0 Å². The van der Waals surface area contributed by atoms with E-state index in [-0.39, 0.29) is 18.2 Å². The maximum atomic E-state index is 12.9. The van der Waals surface area contributed by atoms with Gasteiger partial charge >= 0.3 is 5.97 Å². The van der Waals surface area contributed by atoms with Crippen molar-refractivity contribution in [2.24, 2.45) is 5.92 Å². The van der Waals surface area contributed by atoms with Crippen molar-refractivity contribution in [2.75, 3.05) is 13.1 Å². The van der Waals surface area contributed by atoms with Crippen molar-refractivity contribution in [3.63, 3.8) is 0 Å². The second-order valence-corrected chi connectivity index (χ2v) is 9.55. The highest BCUT2D eigenvalue weighted by Crippen LogP contribution is 2.38. The molecule has 3 aromatic rings. The maximum Gasteiger partial charge on any atom is 0.303 e. The SMILES string of the molecule is CC(Oc1ccc2c(-c3c(Cl)cccc3Br)ccnc2c1)C(=O)N1CCC[C@H](CC(=O)O)C1. The van der Waals surface area contributed by atoms with Gasteiger partial charge in [-0.25, -0.2) is 0 Å². The van der Waals surface area contributed by atoms with Crippen LogP contribution in [0.25, 0.3) is 22.0 Å². The molecule has 6 nitrogen and oxygen atoms in total. The van der Waals surface area contributed by atoms with Crippen LogP contribution < -0.4 is 4.74 Å². The maximum absolute atomic E-state index is 12.9. The molecule has 1 aliphatic heterocycles. The number of fused-ring (bicyclic) bond motifs is 1. The number of aliphatic carboxylic acids is 1. The van der Waals surface area contributed by atoms with E-state index in [1.54, 1.807) is 18.0 Å². The summed E-state index contributed by atoms with van der Waals surface area (Å²) in [5.74, 6) is -0.428. The summed E-state index contributed by atoms with van der Waals surface area (Å²) >= 11 is 10.0. The van der Waals surface area contributed by atoms with Gasteiger partial charge in [0.25, 0.3) is 5.91 Å². The van der Waals surface area contributed by atoms with E-state index in [2.05, 4.69) is 20.9 Å². The van der Waals surface area contributed by atoms with E-state index >= 15 is 0 Å². The number of pyridine rings is 1. The summed E-state index contributed by atoms with van der Waals surface area (Å²) in [6.07, 6.45) is 2.75. The normalized spacial score (nSPS) is 17.1. The van der Waals surface area contributed by atoms with Gasteiger partial charge in [0.2, 0.25) is 0 Å². The summed E-state index contributed by atoms with van der Waals surface area (Å²) in [6.45, 7) is 2.80. The minimum atomic E-state index is -0.828. The molecule has 2 aromatic carbocycles. The number of carboxylic acids is 1. The number of ether oxygens (including phenoxy) is 1. The molecular weight excluding hydrogens is 508 g/mol. The third-order valence-corrected chi connectivity index (χ3v) is 6.88. The number of aromatic nitrogens is 1. The zero-order valence-electron chi connectivity index (χ0n) is 18.1. The predicted molar refractivity (Wildman–Crippen MR) is 132 cm³/mol. The fourth-order valence-electron chi connectivity index (χ4n) is 4.36. The molecule has 2 heterocycles. The molecule has 1 fully saturated rings. The predicted octanol–water partition coefficient (Wildman–Crippen LogP) is 5.80. The van der Waals surface area contributed by atoms with Crippen LogP contribution in [0.2, 0.25) is 5.02 Å². The average Bonchev–Trinajstić information content (AvgIpc) is 2.78. The Kier molecular flexibility index (Phi) is 7.20. The van der Waals surface area contributed by atoms with E-state index in [0.29, 0.717) is 23.9 Å². The summed E-state index contributed by atoms with van der Waals surface area (Å²) in [4.78, 5) is 30.2. The summed E-state index contributed by atoms with van der Waals surface area (Å²) in [5, 5.41) is 10.6. The Bertz CT molecular complexity index is 1180. The summed E-state index contributed by atoms with van der Waals surface area (Å²) in [7, 11) is 0. The lowest BCUT2D eigenvalue weighted by Crippen LogP contribution is -2.46. The second kappa shape index (κ2) is 10.1. The lowest BCUT2D eigenvalue weighted by molar-refractivity contribution is -0.143. The number of hydrogen-bond donors (Lipinski definition) is 1. The minimum Gasteiger partial charge on any atom is -0.481 e. The Hall–Kier alpha value is -2.64. The lowest BCUT2D eigenvalue weighted by atomic mass is 9.94. The first-order valence-corrected chi connectivity index (χ1v) is 12.0. The van der Waals surface area contributed by atoms with Crippen LogP contribution in [0.1, 0.15) is 26.2 Å². The van der Waals surface area contributed by atoms with Crippen LogP contribution in [0.5, 0.6) is 5.75 Å². The number of benzene rings is 2. The van der Waals surface area contributed by atoms with Crippen molar-refractivity contribution >= 4 is 50.3 Å². The standard InChI is InChI=1S/C25H24BrClN2O4/c1-15(25(32)29-11-3-4-16(14-29)12-23(30)31)33-17-7-8-18-19(9-10-28-22(18)13-17)24-20(26)5-2-6-21(24)27/h2,5-10,13,15-16H,3-4,11-12,14H2,1H3,(H,30,31)/t15?,16-/m1/s1. The summed E-state index contributed by atoms with van der Waals surface area (Å²) in [5.41, 5.74) is 2.58. The Labute approximate surface area is 205 Å². The molecule has 1 amide bonds. The molecule has 8 heteroatoms. The first-order valence-electron chi connectivity index (χ1n) is 10.8. The van der Waals surface area contributed by atoms with Crippen LogP contribution in [0, 0.1) is 5.92 Å². The number of carbonyl (C=O) groups excluding carboxylic acids is 1. The first-order chi connectivity index (χ1) is 15.8.